The second kappa shape index (κ2) is 4.41. The van der Waals surface area contributed by atoms with Crippen LogP contribution in [0.25, 0.3) is 8.92 Å². The topological polar surface area (TPSA) is 12.9 Å². The second-order valence-electron chi connectivity index (χ2n) is 3.74. The molecule has 0 N–H and O–H groups in total. The first kappa shape index (κ1) is 10.1. The molecular weight excluding hydrogens is 310 g/mol. The van der Waals surface area contributed by atoms with E-state index in [1.54, 1.807) is 0 Å². The summed E-state index contributed by atoms with van der Waals surface area (Å²) in [6, 6.07) is 19.1. The number of fused-ring (bicyclic) bond motifs is 1. The molecule has 0 aliphatic heterocycles. The minimum atomic E-state index is -0.205. The van der Waals surface area contributed by atoms with Crippen LogP contribution in [0.15, 0.2) is 54.6 Å². The van der Waals surface area contributed by atoms with Crippen molar-refractivity contribution >= 4 is 29.3 Å². The zero-order valence-corrected chi connectivity index (χ0v) is 11.1. The zero-order chi connectivity index (χ0) is 10.8. The molecule has 0 bridgehead atoms. The summed E-state index contributed by atoms with van der Waals surface area (Å²) < 4.78 is 2.89. The Morgan fingerprint density at radius 2 is 1.62 bits per heavy atom. The quantitative estimate of drug-likeness (QED) is 0.662. The number of hydrogen-bond acceptors (Lipinski definition) is 1. The van der Waals surface area contributed by atoms with E-state index in [0.29, 0.717) is 0 Å². The van der Waals surface area contributed by atoms with Crippen molar-refractivity contribution in [1.29, 1.82) is 0 Å². The van der Waals surface area contributed by atoms with Crippen LogP contribution in [0.2, 0.25) is 0 Å². The summed E-state index contributed by atoms with van der Waals surface area (Å²) in [7, 11) is 0. The first-order valence-corrected chi connectivity index (χ1v) is 7.63. The van der Waals surface area contributed by atoms with Gasteiger partial charge in [0.15, 0.2) is 0 Å². The molecule has 0 atom stereocenters. The molecule has 2 heteroatoms. The van der Waals surface area contributed by atoms with Crippen molar-refractivity contribution in [3.63, 3.8) is 0 Å². The van der Waals surface area contributed by atoms with E-state index in [9.17, 15) is 0 Å². The summed E-state index contributed by atoms with van der Waals surface area (Å²) in [5.74, 6) is 0. The van der Waals surface area contributed by atoms with Crippen LogP contribution in [0.5, 0.6) is 0 Å². The van der Waals surface area contributed by atoms with Gasteiger partial charge in [-0.05, 0) is 0 Å². The molecule has 0 spiro atoms. The van der Waals surface area contributed by atoms with Gasteiger partial charge in [0.25, 0.3) is 0 Å². The Labute approximate surface area is 104 Å². The van der Waals surface area contributed by atoms with E-state index in [4.69, 9.17) is 4.98 Å². The number of nitrogens with zero attached hydrogens (tertiary/aromatic N) is 1. The van der Waals surface area contributed by atoms with Gasteiger partial charge in [0.1, 0.15) is 0 Å². The van der Waals surface area contributed by atoms with Crippen LogP contribution in [0.3, 0.4) is 0 Å². The summed E-state index contributed by atoms with van der Waals surface area (Å²) in [5, 5.41) is 0. The van der Waals surface area contributed by atoms with Crippen LogP contribution in [0.4, 0.5) is 0 Å². The van der Waals surface area contributed by atoms with Crippen LogP contribution < -0.4 is 0 Å². The molecule has 1 heterocycles. The van der Waals surface area contributed by atoms with E-state index in [0.717, 1.165) is 6.42 Å². The third kappa shape index (κ3) is 2.04. The van der Waals surface area contributed by atoms with Crippen molar-refractivity contribution < 1.29 is 0 Å². The van der Waals surface area contributed by atoms with Gasteiger partial charge in [-0.15, -0.1) is 0 Å². The Balaban J connectivity index is 1.95. The van der Waals surface area contributed by atoms with Crippen molar-refractivity contribution in [3.8, 4) is 0 Å². The number of rotatable bonds is 2. The van der Waals surface area contributed by atoms with Gasteiger partial charge in [-0.3, -0.25) is 0 Å². The molecule has 3 rings (SSSR count). The monoisotopic (exact) mass is 323 g/mol. The van der Waals surface area contributed by atoms with Crippen LogP contribution in [0, 0.1) is 0 Å². The van der Waals surface area contributed by atoms with Gasteiger partial charge in [-0.1, -0.05) is 0 Å². The SMILES string of the molecule is c1ccc(Cc2nc3ccccc3[te]2)cc1. The first-order chi connectivity index (χ1) is 7.92. The van der Waals surface area contributed by atoms with Gasteiger partial charge < -0.3 is 0 Å². The van der Waals surface area contributed by atoms with Crippen LogP contribution in [0.1, 0.15) is 9.27 Å². The van der Waals surface area contributed by atoms with Crippen molar-refractivity contribution in [3.05, 3.63) is 63.9 Å². The number of aromatic nitrogens is 1. The third-order valence-electron chi connectivity index (χ3n) is 2.54. The fraction of sp³-hybridized carbons (Fsp3) is 0.0714. The van der Waals surface area contributed by atoms with Gasteiger partial charge in [0.2, 0.25) is 0 Å². The third-order valence-corrected chi connectivity index (χ3v) is 5.49. The van der Waals surface area contributed by atoms with E-state index >= 15 is 0 Å². The fourth-order valence-corrected chi connectivity index (χ4v) is 4.62. The Kier molecular flexibility index (Phi) is 2.78. The average Bonchev–Trinajstić information content (AvgIpc) is 2.72. The van der Waals surface area contributed by atoms with E-state index in [1.165, 1.54) is 18.2 Å². The number of para-hydroxylation sites is 1. The van der Waals surface area contributed by atoms with E-state index in [2.05, 4.69) is 54.6 Å². The van der Waals surface area contributed by atoms with Gasteiger partial charge >= 0.3 is 105 Å². The predicted octanol–water partition coefficient (Wildman–Crippen LogP) is 2.88. The Morgan fingerprint density at radius 3 is 2.44 bits per heavy atom. The molecule has 0 fully saturated rings. The Morgan fingerprint density at radius 1 is 0.875 bits per heavy atom. The molecule has 0 saturated heterocycles. The van der Waals surface area contributed by atoms with Gasteiger partial charge in [0, 0.05) is 0 Å². The molecule has 78 valence electrons. The summed E-state index contributed by atoms with van der Waals surface area (Å²) >= 11 is -0.205. The minimum absolute atomic E-state index is 0.205. The molecular formula is C14H11NTe. The Hall–Kier alpha value is -1.10. The first-order valence-electron chi connectivity index (χ1n) is 5.30. The molecule has 0 amide bonds. The number of hydrogen-bond donors (Lipinski definition) is 0. The van der Waals surface area contributed by atoms with Crippen molar-refractivity contribution in [2.24, 2.45) is 0 Å². The molecule has 1 nitrogen and oxygen atoms in total. The maximum absolute atomic E-state index is 4.72. The maximum atomic E-state index is 4.72. The van der Waals surface area contributed by atoms with Crippen molar-refractivity contribution in [2.45, 2.75) is 6.42 Å². The molecule has 2 aromatic carbocycles. The zero-order valence-electron chi connectivity index (χ0n) is 8.76. The van der Waals surface area contributed by atoms with Crippen LogP contribution in [-0.2, 0) is 6.42 Å². The molecule has 0 aliphatic rings. The average molecular weight is 321 g/mol. The van der Waals surface area contributed by atoms with Crippen LogP contribution in [-0.4, -0.2) is 25.4 Å². The van der Waals surface area contributed by atoms with Gasteiger partial charge in [-0.2, -0.15) is 0 Å². The second-order valence-corrected chi connectivity index (χ2v) is 6.92. The van der Waals surface area contributed by atoms with Crippen molar-refractivity contribution in [2.75, 3.05) is 0 Å². The summed E-state index contributed by atoms with van der Waals surface area (Å²) in [6.07, 6.45) is 1.03. The van der Waals surface area contributed by atoms with E-state index in [1.807, 2.05) is 0 Å². The predicted molar refractivity (Wildman–Crippen MR) is 67.9 cm³/mol. The van der Waals surface area contributed by atoms with E-state index < -0.39 is 0 Å². The summed E-state index contributed by atoms with van der Waals surface area (Å²) in [5.41, 5.74) is 2.58. The molecule has 0 unspecified atom stereocenters. The van der Waals surface area contributed by atoms with Crippen molar-refractivity contribution in [1.82, 2.24) is 4.98 Å². The summed E-state index contributed by atoms with van der Waals surface area (Å²) in [4.78, 5) is 4.72. The Bertz CT molecular complexity index is 565. The summed E-state index contributed by atoms with van der Waals surface area (Å²) in [6.45, 7) is 0. The standard InChI is InChI=1S/C14H11NTe/c1-2-6-11(7-3-1)10-14-15-12-8-4-5-9-13(12)16-14/h1-9H,10H2. The van der Waals surface area contributed by atoms with Gasteiger partial charge in [-0.25, -0.2) is 0 Å². The molecule has 0 aliphatic carbocycles. The molecule has 0 saturated carbocycles. The van der Waals surface area contributed by atoms with Gasteiger partial charge in [0.05, 0.1) is 0 Å². The number of benzene rings is 2. The molecule has 0 radical (unpaired) electrons. The molecule has 1 aromatic heterocycles. The van der Waals surface area contributed by atoms with Crippen LogP contribution >= 0.6 is 0 Å². The molecule has 16 heavy (non-hydrogen) atoms. The molecule has 3 aromatic rings. The fourth-order valence-electron chi connectivity index (χ4n) is 1.77. The van der Waals surface area contributed by atoms with E-state index in [-0.39, 0.29) is 20.4 Å². The normalized spacial score (nSPS) is 10.8.